The molecule has 1 amide bonds. The summed E-state index contributed by atoms with van der Waals surface area (Å²) in [4.78, 5) is 16.7. The third kappa shape index (κ3) is 4.08. The zero-order valence-electron chi connectivity index (χ0n) is 15.3. The fourth-order valence-corrected chi connectivity index (χ4v) is 3.52. The largest absolute Gasteiger partial charge is 0.350 e. The summed E-state index contributed by atoms with van der Waals surface area (Å²) in [5.41, 5.74) is 8.10. The molecule has 3 aromatic rings. The zero-order chi connectivity index (χ0) is 18.7. The topological polar surface area (TPSA) is 66.4 Å². The van der Waals surface area contributed by atoms with E-state index >= 15 is 0 Å². The highest BCUT2D eigenvalue weighted by Gasteiger charge is 2.14. The fraction of sp³-hybridized carbons (Fsp3) is 0.250. The smallest absolute Gasteiger partial charge is 0.262 e. The van der Waals surface area contributed by atoms with Crippen molar-refractivity contribution >= 4 is 38.8 Å². The number of benzene rings is 2. The minimum absolute atomic E-state index is 0.206. The quantitative estimate of drug-likeness (QED) is 0.526. The van der Waals surface area contributed by atoms with Gasteiger partial charge in [-0.3, -0.25) is 4.79 Å². The maximum atomic E-state index is 12.2. The van der Waals surface area contributed by atoms with Gasteiger partial charge in [-0.2, -0.15) is 5.10 Å². The van der Waals surface area contributed by atoms with Gasteiger partial charge in [0.05, 0.1) is 16.4 Å². The lowest BCUT2D eigenvalue weighted by Crippen LogP contribution is -2.34. The van der Waals surface area contributed by atoms with Gasteiger partial charge < -0.3 is 5.32 Å². The van der Waals surface area contributed by atoms with Crippen LogP contribution in [-0.4, -0.2) is 23.1 Å². The number of carbonyl (C=O) groups excluding carboxylic acids is 1. The first-order valence-corrected chi connectivity index (χ1v) is 9.28. The highest BCUT2D eigenvalue weighted by Crippen LogP contribution is 2.25. The van der Waals surface area contributed by atoms with E-state index in [2.05, 4.69) is 46.8 Å². The van der Waals surface area contributed by atoms with Gasteiger partial charge in [0.25, 0.3) is 5.91 Å². The van der Waals surface area contributed by atoms with Crippen molar-refractivity contribution in [1.29, 1.82) is 0 Å². The average Bonchev–Trinajstić information content (AvgIpc) is 3.01. The van der Waals surface area contributed by atoms with Gasteiger partial charge in [-0.15, -0.1) is 0 Å². The highest BCUT2D eigenvalue weighted by molar-refractivity contribution is 7.22. The summed E-state index contributed by atoms with van der Waals surface area (Å²) in [6.45, 7) is 7.97. The molecular formula is C20H22N4OS. The Kier molecular flexibility index (Phi) is 5.32. The molecule has 0 aliphatic carbocycles. The summed E-state index contributed by atoms with van der Waals surface area (Å²) in [5.74, 6) is -0.206. The van der Waals surface area contributed by atoms with Crippen LogP contribution >= 0.6 is 11.3 Å². The van der Waals surface area contributed by atoms with Crippen LogP contribution in [-0.2, 0) is 4.79 Å². The van der Waals surface area contributed by atoms with E-state index in [0.717, 1.165) is 26.5 Å². The lowest BCUT2D eigenvalue weighted by atomic mass is 10.0. The molecule has 2 N–H and O–H groups in total. The average molecular weight is 366 g/mol. The van der Waals surface area contributed by atoms with E-state index in [1.54, 1.807) is 13.1 Å². The molecule has 134 valence electrons. The second-order valence-electron chi connectivity index (χ2n) is 6.38. The molecule has 0 saturated carbocycles. The fourth-order valence-electron chi connectivity index (χ4n) is 2.57. The minimum Gasteiger partial charge on any atom is -0.350 e. The number of para-hydroxylation sites is 1. The van der Waals surface area contributed by atoms with E-state index in [-0.39, 0.29) is 5.91 Å². The summed E-state index contributed by atoms with van der Waals surface area (Å²) in [6, 6.07) is 11.7. The molecule has 6 heteroatoms. The first-order chi connectivity index (χ1) is 12.4. The van der Waals surface area contributed by atoms with E-state index in [9.17, 15) is 4.79 Å². The van der Waals surface area contributed by atoms with Crippen LogP contribution in [0.2, 0.25) is 0 Å². The molecule has 26 heavy (non-hydrogen) atoms. The van der Waals surface area contributed by atoms with Crippen LogP contribution in [0.25, 0.3) is 10.2 Å². The van der Waals surface area contributed by atoms with Crippen molar-refractivity contribution in [3.63, 3.8) is 0 Å². The van der Waals surface area contributed by atoms with Crippen LogP contribution in [0.3, 0.4) is 0 Å². The third-order valence-corrected chi connectivity index (χ3v) is 5.26. The monoisotopic (exact) mass is 366 g/mol. The molecule has 0 unspecified atom stereocenters. The Balaban J connectivity index is 1.61. The molecule has 3 rings (SSSR count). The number of nitrogens with zero attached hydrogens (tertiary/aromatic N) is 2. The number of fused-ring (bicyclic) bond motifs is 1. The number of aryl methyl sites for hydroxylation is 3. The van der Waals surface area contributed by atoms with E-state index in [1.807, 2.05) is 31.2 Å². The number of thiazole rings is 1. The van der Waals surface area contributed by atoms with Gasteiger partial charge in [-0.05, 0) is 68.1 Å². The Hall–Kier alpha value is -2.73. The Morgan fingerprint density at radius 3 is 2.65 bits per heavy atom. The maximum Gasteiger partial charge on any atom is 0.262 e. The zero-order valence-corrected chi connectivity index (χ0v) is 16.1. The molecule has 0 radical (unpaired) electrons. The summed E-state index contributed by atoms with van der Waals surface area (Å²) in [6.07, 6.45) is 1.68. The van der Waals surface area contributed by atoms with E-state index in [4.69, 9.17) is 0 Å². The predicted molar refractivity (Wildman–Crippen MR) is 109 cm³/mol. The standard InChI is InChI=1S/C20H22N4OS/c1-12-9-14(3)16(10-13(12)2)11-21-24-19(25)15(4)22-20-23-17-7-5-6-8-18(17)26-20/h5-11,15H,1-4H3,(H,22,23)(H,24,25)/b21-11-/t15-/m1/s1. The molecule has 0 bridgehead atoms. The normalized spacial score (nSPS) is 12.5. The van der Waals surface area contributed by atoms with Crippen LogP contribution in [0.1, 0.15) is 29.2 Å². The number of amides is 1. The first kappa shape index (κ1) is 18.1. The van der Waals surface area contributed by atoms with Gasteiger partial charge in [0.15, 0.2) is 5.13 Å². The first-order valence-electron chi connectivity index (χ1n) is 8.47. The van der Waals surface area contributed by atoms with E-state index in [0.29, 0.717) is 0 Å². The van der Waals surface area contributed by atoms with Gasteiger partial charge in [-0.25, -0.2) is 10.4 Å². The van der Waals surface area contributed by atoms with Crippen LogP contribution in [0.5, 0.6) is 0 Å². The molecule has 0 aliphatic rings. The van der Waals surface area contributed by atoms with Crippen molar-refractivity contribution in [3.05, 3.63) is 58.7 Å². The van der Waals surface area contributed by atoms with Crippen molar-refractivity contribution in [2.45, 2.75) is 33.7 Å². The van der Waals surface area contributed by atoms with E-state index < -0.39 is 6.04 Å². The van der Waals surface area contributed by atoms with Gasteiger partial charge in [0.2, 0.25) is 0 Å². The van der Waals surface area contributed by atoms with Crippen molar-refractivity contribution in [1.82, 2.24) is 10.4 Å². The lowest BCUT2D eigenvalue weighted by molar-refractivity contribution is -0.121. The van der Waals surface area contributed by atoms with E-state index in [1.165, 1.54) is 22.5 Å². The number of hydrogen-bond acceptors (Lipinski definition) is 5. The Labute approximate surface area is 157 Å². The number of hydrogen-bond donors (Lipinski definition) is 2. The third-order valence-electron chi connectivity index (χ3n) is 4.29. The number of nitrogens with one attached hydrogen (secondary N) is 2. The number of carbonyl (C=O) groups is 1. The number of rotatable bonds is 5. The molecule has 0 spiro atoms. The summed E-state index contributed by atoms with van der Waals surface area (Å²) < 4.78 is 1.09. The summed E-state index contributed by atoms with van der Waals surface area (Å²) in [7, 11) is 0. The van der Waals surface area contributed by atoms with Gasteiger partial charge >= 0.3 is 0 Å². The summed E-state index contributed by atoms with van der Waals surface area (Å²) >= 11 is 1.53. The Morgan fingerprint density at radius 1 is 1.15 bits per heavy atom. The lowest BCUT2D eigenvalue weighted by Gasteiger charge is -2.10. The Bertz CT molecular complexity index is 944. The minimum atomic E-state index is -0.437. The molecule has 0 saturated heterocycles. The molecule has 2 aromatic carbocycles. The van der Waals surface area contributed by atoms with Crippen molar-refractivity contribution in [2.24, 2.45) is 5.10 Å². The van der Waals surface area contributed by atoms with Crippen LogP contribution in [0, 0.1) is 20.8 Å². The van der Waals surface area contributed by atoms with Gasteiger partial charge in [-0.1, -0.05) is 29.5 Å². The predicted octanol–water partition coefficient (Wildman–Crippen LogP) is 4.17. The molecule has 1 aromatic heterocycles. The molecule has 0 fully saturated rings. The van der Waals surface area contributed by atoms with Crippen molar-refractivity contribution in [3.8, 4) is 0 Å². The van der Waals surface area contributed by atoms with Crippen LogP contribution in [0.15, 0.2) is 41.5 Å². The SMILES string of the molecule is Cc1cc(C)c(/C=N\NC(=O)[C@@H](C)Nc2nc3ccccc3s2)cc1C. The molecule has 1 atom stereocenters. The van der Waals surface area contributed by atoms with Gasteiger partial charge in [0.1, 0.15) is 6.04 Å². The molecular weight excluding hydrogens is 344 g/mol. The molecule has 0 aliphatic heterocycles. The van der Waals surface area contributed by atoms with Crippen LogP contribution < -0.4 is 10.7 Å². The second-order valence-corrected chi connectivity index (χ2v) is 7.41. The number of aromatic nitrogens is 1. The Morgan fingerprint density at radius 2 is 1.88 bits per heavy atom. The highest BCUT2D eigenvalue weighted by atomic mass is 32.1. The van der Waals surface area contributed by atoms with Crippen molar-refractivity contribution in [2.75, 3.05) is 5.32 Å². The summed E-state index contributed by atoms with van der Waals surface area (Å²) in [5, 5.41) is 7.95. The van der Waals surface area contributed by atoms with Crippen molar-refractivity contribution < 1.29 is 4.79 Å². The van der Waals surface area contributed by atoms with Gasteiger partial charge in [0, 0.05) is 0 Å². The maximum absolute atomic E-state index is 12.2. The molecule has 1 heterocycles. The van der Waals surface area contributed by atoms with Crippen LogP contribution in [0.4, 0.5) is 5.13 Å². The second kappa shape index (κ2) is 7.66. The molecule has 5 nitrogen and oxygen atoms in total. The number of hydrazone groups is 1. The number of anilines is 1.